The zero-order chi connectivity index (χ0) is 21.8. The van der Waals surface area contributed by atoms with E-state index in [0.29, 0.717) is 12.4 Å². The average Bonchev–Trinajstić information content (AvgIpc) is 3.34. The van der Waals surface area contributed by atoms with E-state index in [1.54, 1.807) is 16.4 Å². The summed E-state index contributed by atoms with van der Waals surface area (Å²) in [6, 6.07) is 16.2. The first kappa shape index (κ1) is 21.2. The van der Waals surface area contributed by atoms with Gasteiger partial charge in [0.1, 0.15) is 5.82 Å². The predicted molar refractivity (Wildman–Crippen MR) is 124 cm³/mol. The molecule has 0 fully saturated rings. The highest BCUT2D eigenvalue weighted by Crippen LogP contribution is 2.36. The number of carbonyl (C=O) groups excluding carboxylic acids is 2. The predicted octanol–water partition coefficient (Wildman–Crippen LogP) is 3.92. The minimum absolute atomic E-state index is 0.450. The molecule has 6 nitrogen and oxygen atoms in total. The Balaban J connectivity index is 1.43. The number of anilines is 1. The lowest BCUT2D eigenvalue weighted by Crippen LogP contribution is -2.36. The molecule has 0 saturated heterocycles. The molecule has 160 valence electrons. The van der Waals surface area contributed by atoms with Crippen molar-refractivity contribution in [2.75, 3.05) is 11.9 Å². The first-order valence-corrected chi connectivity index (χ1v) is 11.6. The van der Waals surface area contributed by atoms with Gasteiger partial charge in [-0.25, -0.2) is 4.68 Å². The van der Waals surface area contributed by atoms with E-state index in [2.05, 4.69) is 28.8 Å². The molecule has 2 heterocycles. The number of aryl methyl sites for hydroxylation is 3. The molecular formula is C24H26N4O2S. The SMILES string of the molecule is Cc1ccc(-n2nc3c(c2NC(=O)C(=O)NCCCc2ccccc2)CSC3)c(C)c1. The molecule has 0 bridgehead atoms. The number of nitrogens with one attached hydrogen (secondary N) is 2. The number of hydrogen-bond acceptors (Lipinski definition) is 4. The van der Waals surface area contributed by atoms with Crippen molar-refractivity contribution in [3.63, 3.8) is 0 Å². The molecule has 0 radical (unpaired) electrons. The van der Waals surface area contributed by atoms with Crippen LogP contribution in [0.1, 0.15) is 34.4 Å². The lowest BCUT2D eigenvalue weighted by atomic mass is 10.1. The Kier molecular flexibility index (Phi) is 6.42. The van der Waals surface area contributed by atoms with Crippen LogP contribution >= 0.6 is 11.8 Å². The Bertz CT molecular complexity index is 1110. The van der Waals surface area contributed by atoms with Gasteiger partial charge in [-0.3, -0.25) is 9.59 Å². The number of nitrogens with zero attached hydrogens (tertiary/aromatic N) is 2. The van der Waals surface area contributed by atoms with Crippen LogP contribution in [0, 0.1) is 13.8 Å². The molecule has 2 aromatic carbocycles. The van der Waals surface area contributed by atoms with Crippen LogP contribution in [0.4, 0.5) is 5.82 Å². The number of fused-ring (bicyclic) bond motifs is 1. The summed E-state index contributed by atoms with van der Waals surface area (Å²) in [4.78, 5) is 25.0. The summed E-state index contributed by atoms with van der Waals surface area (Å²) in [6.07, 6.45) is 1.63. The second-order valence-corrected chi connectivity index (χ2v) is 8.75. The average molecular weight is 435 g/mol. The number of rotatable bonds is 6. The van der Waals surface area contributed by atoms with E-state index < -0.39 is 11.8 Å². The van der Waals surface area contributed by atoms with Gasteiger partial charge in [0, 0.05) is 23.6 Å². The molecule has 1 aliphatic heterocycles. The monoisotopic (exact) mass is 434 g/mol. The van der Waals surface area contributed by atoms with Crippen molar-refractivity contribution in [2.24, 2.45) is 0 Å². The van der Waals surface area contributed by atoms with Crippen LogP contribution in [-0.4, -0.2) is 28.1 Å². The summed E-state index contributed by atoms with van der Waals surface area (Å²) in [7, 11) is 0. The van der Waals surface area contributed by atoms with Gasteiger partial charge in [0.15, 0.2) is 0 Å². The molecule has 2 amide bonds. The highest BCUT2D eigenvalue weighted by Gasteiger charge is 2.26. The van der Waals surface area contributed by atoms with Crippen LogP contribution < -0.4 is 10.6 Å². The summed E-state index contributed by atoms with van der Waals surface area (Å²) in [5, 5.41) is 10.3. The van der Waals surface area contributed by atoms with E-state index in [1.165, 1.54) is 5.56 Å². The maximum Gasteiger partial charge on any atom is 0.314 e. The number of carbonyl (C=O) groups is 2. The molecule has 0 spiro atoms. The Morgan fingerprint density at radius 2 is 1.87 bits per heavy atom. The molecule has 0 aliphatic carbocycles. The standard InChI is InChI=1S/C24H26N4O2S/c1-16-10-11-21(17(2)13-16)28-22(19-14-31-15-20(19)27-28)26-24(30)23(29)25-12-6-9-18-7-4-3-5-8-18/h3-5,7-8,10-11,13H,6,9,12,14-15H2,1-2H3,(H,25,29)(H,26,30). The molecular weight excluding hydrogens is 408 g/mol. The van der Waals surface area contributed by atoms with E-state index in [4.69, 9.17) is 5.10 Å². The molecule has 0 saturated carbocycles. The van der Waals surface area contributed by atoms with E-state index in [0.717, 1.165) is 52.4 Å². The van der Waals surface area contributed by atoms with Gasteiger partial charge in [-0.2, -0.15) is 16.9 Å². The fourth-order valence-corrected chi connectivity index (χ4v) is 4.78. The number of aromatic nitrogens is 2. The summed E-state index contributed by atoms with van der Waals surface area (Å²) < 4.78 is 1.76. The molecule has 4 rings (SSSR count). The molecule has 2 N–H and O–H groups in total. The molecule has 31 heavy (non-hydrogen) atoms. The van der Waals surface area contributed by atoms with Crippen molar-refractivity contribution in [2.45, 2.75) is 38.2 Å². The van der Waals surface area contributed by atoms with Gasteiger partial charge in [0.05, 0.1) is 11.4 Å². The fraction of sp³-hybridized carbons (Fsp3) is 0.292. The maximum atomic E-state index is 12.6. The van der Waals surface area contributed by atoms with Crippen molar-refractivity contribution >= 4 is 29.4 Å². The highest BCUT2D eigenvalue weighted by molar-refractivity contribution is 7.98. The van der Waals surface area contributed by atoms with Crippen LogP contribution in [0.15, 0.2) is 48.5 Å². The highest BCUT2D eigenvalue weighted by atomic mass is 32.2. The third-order valence-corrected chi connectivity index (χ3v) is 6.31. The van der Waals surface area contributed by atoms with Crippen LogP contribution in [0.2, 0.25) is 0 Å². The van der Waals surface area contributed by atoms with Gasteiger partial charge in [0.2, 0.25) is 0 Å². The topological polar surface area (TPSA) is 76.0 Å². The lowest BCUT2D eigenvalue weighted by Gasteiger charge is -2.13. The quantitative estimate of drug-likeness (QED) is 0.455. The van der Waals surface area contributed by atoms with Gasteiger partial charge in [-0.1, -0.05) is 48.0 Å². The summed E-state index contributed by atoms with van der Waals surface area (Å²) in [5.74, 6) is 0.888. The van der Waals surface area contributed by atoms with Gasteiger partial charge in [0.25, 0.3) is 0 Å². The van der Waals surface area contributed by atoms with Crippen molar-refractivity contribution in [1.82, 2.24) is 15.1 Å². The smallest absolute Gasteiger partial charge is 0.314 e. The second kappa shape index (κ2) is 9.39. The van der Waals surface area contributed by atoms with Crippen LogP contribution in [0.3, 0.4) is 0 Å². The summed E-state index contributed by atoms with van der Waals surface area (Å²) in [5.41, 5.74) is 6.31. The fourth-order valence-electron chi connectivity index (χ4n) is 3.74. The van der Waals surface area contributed by atoms with Crippen LogP contribution in [0.5, 0.6) is 0 Å². The van der Waals surface area contributed by atoms with Gasteiger partial charge >= 0.3 is 11.8 Å². The normalized spacial score (nSPS) is 12.5. The Morgan fingerprint density at radius 1 is 1.06 bits per heavy atom. The molecule has 1 aromatic heterocycles. The third kappa shape index (κ3) is 4.82. The Labute approximate surface area is 186 Å². The third-order valence-electron chi connectivity index (χ3n) is 5.34. The molecule has 0 atom stereocenters. The van der Waals surface area contributed by atoms with E-state index >= 15 is 0 Å². The van der Waals surface area contributed by atoms with E-state index in [1.807, 2.05) is 44.2 Å². The molecule has 7 heteroatoms. The minimum Gasteiger partial charge on any atom is -0.348 e. The van der Waals surface area contributed by atoms with Crippen molar-refractivity contribution < 1.29 is 9.59 Å². The van der Waals surface area contributed by atoms with Crippen molar-refractivity contribution in [3.05, 3.63) is 76.5 Å². The molecule has 3 aromatic rings. The van der Waals surface area contributed by atoms with Gasteiger partial charge in [-0.15, -0.1) is 0 Å². The van der Waals surface area contributed by atoms with Crippen molar-refractivity contribution in [1.29, 1.82) is 0 Å². The molecule has 0 unspecified atom stereocenters. The largest absolute Gasteiger partial charge is 0.348 e. The number of amides is 2. The molecule has 1 aliphatic rings. The second-order valence-electron chi connectivity index (χ2n) is 7.77. The van der Waals surface area contributed by atoms with Crippen LogP contribution in [0.25, 0.3) is 5.69 Å². The number of benzene rings is 2. The van der Waals surface area contributed by atoms with E-state index in [9.17, 15) is 9.59 Å². The maximum absolute atomic E-state index is 12.6. The minimum atomic E-state index is -0.662. The van der Waals surface area contributed by atoms with Crippen molar-refractivity contribution in [3.8, 4) is 5.69 Å². The summed E-state index contributed by atoms with van der Waals surface area (Å²) >= 11 is 1.76. The van der Waals surface area contributed by atoms with Gasteiger partial charge in [-0.05, 0) is 43.9 Å². The first-order valence-electron chi connectivity index (χ1n) is 10.4. The number of thioether (sulfide) groups is 1. The first-order chi connectivity index (χ1) is 15.0. The van der Waals surface area contributed by atoms with Gasteiger partial charge < -0.3 is 10.6 Å². The zero-order valence-electron chi connectivity index (χ0n) is 17.8. The lowest BCUT2D eigenvalue weighted by molar-refractivity contribution is -0.136. The van der Waals surface area contributed by atoms with Crippen LogP contribution in [-0.2, 0) is 27.5 Å². The summed E-state index contributed by atoms with van der Waals surface area (Å²) in [6.45, 7) is 4.52. The number of hydrogen-bond donors (Lipinski definition) is 2. The van der Waals surface area contributed by atoms with E-state index in [-0.39, 0.29) is 0 Å². The zero-order valence-corrected chi connectivity index (χ0v) is 18.6. The Hall–Kier alpha value is -3.06. The Morgan fingerprint density at radius 3 is 2.65 bits per heavy atom.